The maximum Gasteiger partial charge on any atom is 0.573 e. The summed E-state index contributed by atoms with van der Waals surface area (Å²) in [6.07, 6.45) is -4.71. The molecule has 1 rings (SSSR count). The first-order valence-corrected chi connectivity index (χ1v) is 5.27. The molecule has 0 bridgehead atoms. The van der Waals surface area contributed by atoms with Crippen molar-refractivity contribution in [1.82, 2.24) is 5.32 Å². The Labute approximate surface area is 102 Å². The summed E-state index contributed by atoms with van der Waals surface area (Å²) in [4.78, 5) is 11.3. The zero-order chi connectivity index (χ0) is 13.6. The van der Waals surface area contributed by atoms with E-state index in [1.807, 2.05) is 6.92 Å². The number of alkyl halides is 3. The van der Waals surface area contributed by atoms with Gasteiger partial charge in [-0.15, -0.1) is 13.2 Å². The quantitative estimate of drug-likeness (QED) is 0.854. The lowest BCUT2D eigenvalue weighted by molar-refractivity contribution is -0.274. The van der Waals surface area contributed by atoms with Crippen molar-refractivity contribution < 1.29 is 22.7 Å². The molecule has 0 radical (unpaired) electrons. The minimum Gasteiger partial charge on any atom is -0.406 e. The maximum atomic E-state index is 11.9. The smallest absolute Gasteiger partial charge is 0.406 e. The number of halogens is 3. The van der Waals surface area contributed by atoms with E-state index in [2.05, 4.69) is 15.4 Å². The number of benzene rings is 1. The number of anilines is 1. The second kappa shape index (κ2) is 6.25. The molecule has 2 N–H and O–H groups in total. The van der Waals surface area contributed by atoms with Gasteiger partial charge in [0.25, 0.3) is 0 Å². The third kappa shape index (κ3) is 5.53. The van der Waals surface area contributed by atoms with Crippen LogP contribution in [0.15, 0.2) is 24.3 Å². The summed E-state index contributed by atoms with van der Waals surface area (Å²) in [6, 6.07) is 4.95. The van der Waals surface area contributed by atoms with E-state index >= 15 is 0 Å². The molecule has 0 aliphatic heterocycles. The molecule has 0 heterocycles. The zero-order valence-corrected chi connectivity index (χ0v) is 9.67. The van der Waals surface area contributed by atoms with Crippen LogP contribution in [0.4, 0.5) is 18.9 Å². The van der Waals surface area contributed by atoms with Crippen LogP contribution in [0, 0.1) is 0 Å². The van der Waals surface area contributed by atoms with Crippen LogP contribution in [-0.4, -0.2) is 25.4 Å². The van der Waals surface area contributed by atoms with Crippen molar-refractivity contribution in [3.63, 3.8) is 0 Å². The fraction of sp³-hybridized carbons (Fsp3) is 0.364. The highest BCUT2D eigenvalue weighted by Gasteiger charge is 2.30. The van der Waals surface area contributed by atoms with Crippen LogP contribution < -0.4 is 15.4 Å². The molecule has 1 amide bonds. The number of ether oxygens (including phenoxy) is 1. The summed E-state index contributed by atoms with van der Waals surface area (Å²) in [5, 5.41) is 5.35. The first kappa shape index (κ1) is 14.3. The molecule has 0 atom stereocenters. The van der Waals surface area contributed by atoms with Gasteiger partial charge in [-0.3, -0.25) is 4.79 Å². The van der Waals surface area contributed by atoms with Gasteiger partial charge in [0, 0.05) is 5.69 Å². The lowest BCUT2D eigenvalue weighted by Crippen LogP contribution is -2.27. The maximum absolute atomic E-state index is 11.9. The van der Waals surface area contributed by atoms with Crippen LogP contribution in [0.5, 0.6) is 5.75 Å². The van der Waals surface area contributed by atoms with E-state index in [9.17, 15) is 18.0 Å². The van der Waals surface area contributed by atoms with Crippen LogP contribution in [-0.2, 0) is 4.79 Å². The van der Waals surface area contributed by atoms with Crippen LogP contribution >= 0.6 is 0 Å². The first-order chi connectivity index (χ1) is 8.40. The van der Waals surface area contributed by atoms with Crippen molar-refractivity contribution in [3.8, 4) is 5.75 Å². The van der Waals surface area contributed by atoms with Crippen LogP contribution in [0.25, 0.3) is 0 Å². The van der Waals surface area contributed by atoms with Crippen molar-refractivity contribution in [2.75, 3.05) is 18.4 Å². The number of amides is 1. The van der Waals surface area contributed by atoms with Crippen molar-refractivity contribution in [2.24, 2.45) is 0 Å². The summed E-state index contributed by atoms with van der Waals surface area (Å²) in [5.41, 5.74) is 0.410. The summed E-state index contributed by atoms with van der Waals surface area (Å²) >= 11 is 0. The normalized spacial score (nSPS) is 11.1. The van der Waals surface area contributed by atoms with Crippen molar-refractivity contribution in [3.05, 3.63) is 24.3 Å². The Morgan fingerprint density at radius 2 is 1.89 bits per heavy atom. The number of carbonyl (C=O) groups excluding carboxylic acids is 1. The predicted octanol–water partition coefficient (Wildman–Crippen LogP) is 2.13. The summed E-state index contributed by atoms with van der Waals surface area (Å²) in [6.45, 7) is 2.67. The molecule has 1 aromatic carbocycles. The number of likely N-dealkylation sites (N-methyl/N-ethyl adjacent to an activating group) is 1. The highest BCUT2D eigenvalue weighted by atomic mass is 19.4. The minimum absolute atomic E-state index is 0.150. The molecule has 18 heavy (non-hydrogen) atoms. The van der Waals surface area contributed by atoms with Gasteiger partial charge < -0.3 is 15.4 Å². The second-order valence-corrected chi connectivity index (χ2v) is 3.40. The molecule has 0 fully saturated rings. The van der Waals surface area contributed by atoms with E-state index in [1.54, 1.807) is 0 Å². The van der Waals surface area contributed by atoms with E-state index in [4.69, 9.17) is 0 Å². The van der Waals surface area contributed by atoms with Crippen LogP contribution in [0.2, 0.25) is 0 Å². The Hall–Kier alpha value is -1.76. The van der Waals surface area contributed by atoms with Gasteiger partial charge in [0.1, 0.15) is 5.75 Å². The molecule has 1 aromatic rings. The standard InChI is InChI=1S/C11H13F3N2O2/c1-2-15-7-10(17)16-8-3-5-9(6-4-8)18-11(12,13)14/h3-6,15H,2,7H2,1H3,(H,16,17). The van der Waals surface area contributed by atoms with E-state index in [0.717, 1.165) is 12.1 Å². The first-order valence-electron chi connectivity index (χ1n) is 5.27. The van der Waals surface area contributed by atoms with Crippen LogP contribution in [0.3, 0.4) is 0 Å². The molecule has 0 spiro atoms. The largest absolute Gasteiger partial charge is 0.573 e. The van der Waals surface area contributed by atoms with Gasteiger partial charge in [0.05, 0.1) is 6.54 Å². The monoisotopic (exact) mass is 262 g/mol. The number of hydrogen-bond donors (Lipinski definition) is 2. The van der Waals surface area contributed by atoms with E-state index < -0.39 is 6.36 Å². The van der Waals surface area contributed by atoms with Gasteiger partial charge in [-0.2, -0.15) is 0 Å². The lowest BCUT2D eigenvalue weighted by atomic mass is 10.3. The average Bonchev–Trinajstić information content (AvgIpc) is 2.27. The number of rotatable bonds is 5. The summed E-state index contributed by atoms with van der Waals surface area (Å²) < 4.78 is 39.4. The number of hydrogen-bond acceptors (Lipinski definition) is 3. The predicted molar refractivity (Wildman–Crippen MR) is 60.3 cm³/mol. The zero-order valence-electron chi connectivity index (χ0n) is 9.67. The molecule has 7 heteroatoms. The number of nitrogens with one attached hydrogen (secondary N) is 2. The molecule has 0 aromatic heterocycles. The number of carbonyl (C=O) groups is 1. The fourth-order valence-electron chi connectivity index (χ4n) is 1.18. The van der Waals surface area contributed by atoms with Crippen molar-refractivity contribution >= 4 is 11.6 Å². The summed E-state index contributed by atoms with van der Waals surface area (Å²) in [7, 11) is 0. The summed E-state index contributed by atoms with van der Waals surface area (Å²) in [5.74, 6) is -0.589. The Morgan fingerprint density at radius 3 is 2.39 bits per heavy atom. The van der Waals surface area contributed by atoms with E-state index in [-0.39, 0.29) is 18.2 Å². The molecule has 0 aliphatic rings. The highest BCUT2D eigenvalue weighted by Crippen LogP contribution is 2.23. The Bertz CT molecular complexity index is 390. The van der Waals surface area contributed by atoms with Gasteiger partial charge in [-0.1, -0.05) is 6.92 Å². The van der Waals surface area contributed by atoms with Gasteiger partial charge >= 0.3 is 6.36 Å². The van der Waals surface area contributed by atoms with E-state index in [1.165, 1.54) is 12.1 Å². The average molecular weight is 262 g/mol. The highest BCUT2D eigenvalue weighted by molar-refractivity contribution is 5.92. The second-order valence-electron chi connectivity index (χ2n) is 3.40. The molecule has 0 saturated carbocycles. The molecule has 4 nitrogen and oxygen atoms in total. The van der Waals surface area contributed by atoms with Gasteiger partial charge in [-0.25, -0.2) is 0 Å². The van der Waals surface area contributed by atoms with Gasteiger partial charge in [-0.05, 0) is 30.8 Å². The Kier molecular flexibility index (Phi) is 4.96. The Balaban J connectivity index is 2.52. The Morgan fingerprint density at radius 1 is 1.28 bits per heavy atom. The molecule has 0 aliphatic carbocycles. The van der Waals surface area contributed by atoms with Crippen molar-refractivity contribution in [2.45, 2.75) is 13.3 Å². The van der Waals surface area contributed by atoms with Crippen molar-refractivity contribution in [1.29, 1.82) is 0 Å². The van der Waals surface area contributed by atoms with Gasteiger partial charge in [0.2, 0.25) is 5.91 Å². The SMILES string of the molecule is CCNCC(=O)Nc1ccc(OC(F)(F)F)cc1. The minimum atomic E-state index is -4.71. The fourth-order valence-corrected chi connectivity index (χ4v) is 1.18. The van der Waals surface area contributed by atoms with Crippen LogP contribution in [0.1, 0.15) is 6.92 Å². The third-order valence-corrected chi connectivity index (χ3v) is 1.91. The molecule has 100 valence electrons. The lowest BCUT2D eigenvalue weighted by Gasteiger charge is -2.10. The van der Waals surface area contributed by atoms with E-state index in [0.29, 0.717) is 12.2 Å². The molecular formula is C11H13F3N2O2. The third-order valence-electron chi connectivity index (χ3n) is 1.91. The van der Waals surface area contributed by atoms with Gasteiger partial charge in [0.15, 0.2) is 0 Å². The molecular weight excluding hydrogens is 249 g/mol. The topological polar surface area (TPSA) is 50.4 Å². The molecule has 0 saturated heterocycles. The molecule has 0 unspecified atom stereocenters.